The van der Waals surface area contributed by atoms with Gasteiger partial charge in [-0.15, -0.1) is 0 Å². The van der Waals surface area contributed by atoms with Crippen LogP contribution in [0.15, 0.2) is 0 Å². The van der Waals surface area contributed by atoms with Crippen LogP contribution in [0.25, 0.3) is 0 Å². The van der Waals surface area contributed by atoms with Gasteiger partial charge in [0.1, 0.15) is 0 Å². The normalized spacial score (nSPS) is 5.67. The van der Waals surface area contributed by atoms with Crippen molar-refractivity contribution >= 4 is 16.8 Å². The summed E-state index contributed by atoms with van der Waals surface area (Å²) in [7, 11) is 0. The molecule has 0 saturated carbocycles. The first-order chi connectivity index (χ1) is 2.77. The van der Waals surface area contributed by atoms with Gasteiger partial charge >= 0.3 is 0 Å². The van der Waals surface area contributed by atoms with E-state index in [2.05, 4.69) is 11.8 Å². The topological polar surface area (TPSA) is 17.1 Å². The van der Waals surface area contributed by atoms with Crippen molar-refractivity contribution in [2.24, 2.45) is 0 Å². The molecule has 2 heteroatoms. The Bertz CT molecular complexity index is 106. The number of carbonyl (C=O) groups is 1. The molecule has 6 heavy (non-hydrogen) atoms. The molecule has 0 bridgehead atoms. The second-order valence-electron chi connectivity index (χ2n) is 0.649. The Labute approximate surface area is 41.3 Å². The van der Waals surface area contributed by atoms with Gasteiger partial charge in [0.2, 0.25) is 0 Å². The van der Waals surface area contributed by atoms with Gasteiger partial charge in [-0.3, -0.25) is 4.79 Å². The minimum absolute atomic E-state index is 0.600. The van der Waals surface area contributed by atoms with Crippen LogP contribution in [0.4, 0.5) is 0 Å². The third-order valence-corrected chi connectivity index (χ3v) is 0.318. The lowest BCUT2D eigenvalue weighted by molar-refractivity contribution is -0.107. The summed E-state index contributed by atoms with van der Waals surface area (Å²) in [6.07, 6.45) is 0. The Morgan fingerprint density at radius 2 is 2.33 bits per heavy atom. The number of hydrogen-bond acceptors (Lipinski definition) is 1. The second-order valence-corrected chi connectivity index (χ2v) is 0.992. The maximum absolute atomic E-state index is 9.64. The van der Waals surface area contributed by atoms with Crippen LogP contribution in [0.1, 0.15) is 6.92 Å². The summed E-state index contributed by atoms with van der Waals surface area (Å²) in [4.78, 5) is 9.64. The lowest BCUT2D eigenvalue weighted by atomic mass is 10.7. The van der Waals surface area contributed by atoms with Gasteiger partial charge in [0.15, 0.2) is 0 Å². The van der Waals surface area contributed by atoms with Gasteiger partial charge in [-0.2, -0.15) is 0 Å². The Kier molecular flexibility index (Phi) is 2.52. The van der Waals surface area contributed by atoms with E-state index in [1.54, 1.807) is 6.92 Å². The van der Waals surface area contributed by atoms with Crippen molar-refractivity contribution in [3.05, 3.63) is 0 Å². The van der Waals surface area contributed by atoms with Crippen molar-refractivity contribution in [2.75, 3.05) is 0 Å². The molecule has 0 fully saturated rings. The van der Waals surface area contributed by atoms with Crippen LogP contribution in [-0.2, 0) is 4.79 Å². The molecular formula is C4H3ClO. The summed E-state index contributed by atoms with van der Waals surface area (Å²) >= 11 is 4.77. The van der Waals surface area contributed by atoms with Gasteiger partial charge in [0.05, 0.1) is 0 Å². The SMILES string of the molecule is CC#CC(=O)Cl. The highest BCUT2D eigenvalue weighted by molar-refractivity contribution is 6.68. The van der Waals surface area contributed by atoms with E-state index in [0.717, 1.165) is 0 Å². The molecule has 0 aliphatic carbocycles. The molecule has 0 amide bonds. The van der Waals surface area contributed by atoms with Crippen molar-refractivity contribution in [3.63, 3.8) is 0 Å². The number of hydrogen-bond donors (Lipinski definition) is 0. The fraction of sp³-hybridized carbons (Fsp3) is 0.250. The third-order valence-electron chi connectivity index (χ3n) is 0.223. The van der Waals surface area contributed by atoms with Crippen molar-refractivity contribution in [1.29, 1.82) is 0 Å². The lowest BCUT2D eigenvalue weighted by Gasteiger charge is -1.58. The quantitative estimate of drug-likeness (QED) is 0.326. The van der Waals surface area contributed by atoms with Crippen LogP contribution in [0, 0.1) is 11.8 Å². The molecule has 0 aromatic rings. The Morgan fingerprint density at radius 1 is 1.83 bits per heavy atom. The lowest BCUT2D eigenvalue weighted by Crippen LogP contribution is -1.71. The molecule has 0 aliphatic rings. The van der Waals surface area contributed by atoms with E-state index in [9.17, 15) is 4.79 Å². The first-order valence-corrected chi connectivity index (χ1v) is 1.77. The third kappa shape index (κ3) is 3.52. The van der Waals surface area contributed by atoms with Crippen LogP contribution in [-0.4, -0.2) is 5.24 Å². The smallest absolute Gasteiger partial charge is 0.266 e. The van der Waals surface area contributed by atoms with Gasteiger partial charge in [-0.1, -0.05) is 5.92 Å². The molecule has 0 saturated heterocycles. The van der Waals surface area contributed by atoms with Gasteiger partial charge in [0, 0.05) is 0 Å². The molecule has 32 valence electrons. The van der Waals surface area contributed by atoms with Crippen LogP contribution >= 0.6 is 11.6 Å². The van der Waals surface area contributed by atoms with E-state index in [1.807, 2.05) is 0 Å². The van der Waals surface area contributed by atoms with E-state index in [0.29, 0.717) is 0 Å². The number of rotatable bonds is 0. The highest BCUT2D eigenvalue weighted by Gasteiger charge is 1.76. The van der Waals surface area contributed by atoms with E-state index in [4.69, 9.17) is 11.6 Å². The molecule has 0 aromatic heterocycles. The molecule has 0 unspecified atom stereocenters. The van der Waals surface area contributed by atoms with Crippen LogP contribution in [0.3, 0.4) is 0 Å². The van der Waals surface area contributed by atoms with Gasteiger partial charge in [-0.05, 0) is 24.4 Å². The zero-order chi connectivity index (χ0) is 4.99. The van der Waals surface area contributed by atoms with E-state index in [-0.39, 0.29) is 0 Å². The molecular weight excluding hydrogens is 99.5 g/mol. The molecule has 0 heterocycles. The Balaban J connectivity index is 3.50. The summed E-state index contributed by atoms with van der Waals surface area (Å²) in [6.45, 7) is 1.56. The van der Waals surface area contributed by atoms with Gasteiger partial charge in [0.25, 0.3) is 5.24 Å². The molecule has 0 aromatic carbocycles. The summed E-state index contributed by atoms with van der Waals surface area (Å²) in [5, 5.41) is -0.600. The minimum Gasteiger partial charge on any atom is -0.266 e. The molecule has 1 nitrogen and oxygen atoms in total. The molecule has 0 spiro atoms. The van der Waals surface area contributed by atoms with Crippen LogP contribution < -0.4 is 0 Å². The van der Waals surface area contributed by atoms with Crippen molar-refractivity contribution < 1.29 is 4.79 Å². The van der Waals surface area contributed by atoms with E-state index >= 15 is 0 Å². The standard InChI is InChI=1S/C4H3ClO/c1-2-3-4(5)6/h1H3. The monoisotopic (exact) mass is 102 g/mol. The molecule has 0 radical (unpaired) electrons. The molecule has 0 rings (SSSR count). The summed E-state index contributed by atoms with van der Waals surface area (Å²) < 4.78 is 0. The Hall–Kier alpha value is -0.480. The first kappa shape index (κ1) is 5.52. The molecule has 0 atom stereocenters. The average molecular weight is 103 g/mol. The van der Waals surface area contributed by atoms with Gasteiger partial charge < -0.3 is 0 Å². The van der Waals surface area contributed by atoms with Crippen LogP contribution in [0.2, 0.25) is 0 Å². The second kappa shape index (κ2) is 2.74. The zero-order valence-electron chi connectivity index (χ0n) is 3.29. The highest BCUT2D eigenvalue weighted by atomic mass is 35.5. The summed E-state index contributed by atoms with van der Waals surface area (Å²) in [5.41, 5.74) is 0. The molecule has 0 aliphatic heterocycles. The largest absolute Gasteiger partial charge is 0.296 e. The van der Waals surface area contributed by atoms with E-state index < -0.39 is 5.24 Å². The van der Waals surface area contributed by atoms with Crippen molar-refractivity contribution in [2.45, 2.75) is 6.92 Å². The summed E-state index contributed by atoms with van der Waals surface area (Å²) in [6, 6.07) is 0. The summed E-state index contributed by atoms with van der Waals surface area (Å²) in [5.74, 6) is 4.42. The van der Waals surface area contributed by atoms with Crippen molar-refractivity contribution in [3.8, 4) is 11.8 Å². The molecule has 0 N–H and O–H groups in total. The van der Waals surface area contributed by atoms with Gasteiger partial charge in [-0.25, -0.2) is 0 Å². The van der Waals surface area contributed by atoms with Crippen LogP contribution in [0.5, 0.6) is 0 Å². The number of halogens is 1. The number of carbonyl (C=O) groups excluding carboxylic acids is 1. The maximum atomic E-state index is 9.64. The fourth-order valence-corrected chi connectivity index (χ4v) is 0.193. The highest BCUT2D eigenvalue weighted by Crippen LogP contribution is 1.70. The first-order valence-electron chi connectivity index (χ1n) is 1.39. The van der Waals surface area contributed by atoms with E-state index in [1.165, 1.54) is 0 Å². The Morgan fingerprint density at radius 3 is 2.33 bits per heavy atom. The minimum atomic E-state index is -0.600. The average Bonchev–Trinajstić information content (AvgIpc) is 1.35. The zero-order valence-corrected chi connectivity index (χ0v) is 4.04. The predicted octanol–water partition coefficient (Wildman–Crippen LogP) is 0.775. The fourth-order valence-electron chi connectivity index (χ4n) is 0.0983. The predicted molar refractivity (Wildman–Crippen MR) is 24.3 cm³/mol. The van der Waals surface area contributed by atoms with Crippen molar-refractivity contribution in [1.82, 2.24) is 0 Å². The maximum Gasteiger partial charge on any atom is 0.296 e.